The van der Waals surface area contributed by atoms with Crippen LogP contribution in [-0.2, 0) is 19.1 Å². The van der Waals surface area contributed by atoms with Crippen molar-refractivity contribution in [3.05, 3.63) is 46.3 Å². The molecule has 1 heterocycles. The van der Waals surface area contributed by atoms with Crippen LogP contribution in [0.25, 0.3) is 0 Å². The summed E-state index contributed by atoms with van der Waals surface area (Å²) in [6, 6.07) is 8.99. The number of benzene rings is 1. The summed E-state index contributed by atoms with van der Waals surface area (Å²) in [5, 5.41) is 3.00. The zero-order chi connectivity index (χ0) is 21.4. The van der Waals surface area contributed by atoms with Gasteiger partial charge in [-0.1, -0.05) is 32.0 Å². The summed E-state index contributed by atoms with van der Waals surface area (Å²) in [5.74, 6) is -0.947. The summed E-state index contributed by atoms with van der Waals surface area (Å²) in [7, 11) is 0. The zero-order valence-corrected chi connectivity index (χ0v) is 17.8. The van der Waals surface area contributed by atoms with Crippen LogP contribution < -0.4 is 10.1 Å². The first-order valence-corrected chi connectivity index (χ1v) is 10.1. The molecule has 8 heteroatoms. The van der Waals surface area contributed by atoms with Gasteiger partial charge in [0, 0.05) is 4.88 Å². The number of hydrogen-bond donors (Lipinski definition) is 1. The van der Waals surface area contributed by atoms with E-state index in [2.05, 4.69) is 5.32 Å². The lowest BCUT2D eigenvalue weighted by Crippen LogP contribution is -2.24. The van der Waals surface area contributed by atoms with Crippen molar-refractivity contribution in [3.8, 4) is 5.75 Å². The highest BCUT2D eigenvalue weighted by molar-refractivity contribution is 7.16. The highest BCUT2D eigenvalue weighted by atomic mass is 32.1. The minimum atomic E-state index is -0.664. The molecule has 0 aliphatic carbocycles. The molecule has 0 unspecified atom stereocenters. The number of carbonyl (C=O) groups is 3. The Labute approximate surface area is 174 Å². The van der Waals surface area contributed by atoms with Crippen molar-refractivity contribution in [1.29, 1.82) is 0 Å². The second-order valence-corrected chi connectivity index (χ2v) is 7.61. The van der Waals surface area contributed by atoms with Gasteiger partial charge in [0.05, 0.1) is 12.2 Å². The normalized spacial score (nSPS) is 10.5. The summed E-state index contributed by atoms with van der Waals surface area (Å²) >= 11 is 1.30. The first kappa shape index (κ1) is 22.4. The number of rotatable bonds is 9. The smallest absolute Gasteiger partial charge is 0.344 e. The average Bonchev–Trinajstić information content (AvgIpc) is 3.10. The van der Waals surface area contributed by atoms with Gasteiger partial charge in [-0.05, 0) is 37.5 Å². The van der Waals surface area contributed by atoms with Crippen molar-refractivity contribution in [2.24, 2.45) is 0 Å². The monoisotopic (exact) mass is 419 g/mol. The number of nitrogens with one attached hydrogen (secondary N) is 1. The molecule has 0 saturated heterocycles. The molecule has 0 aliphatic heterocycles. The zero-order valence-electron chi connectivity index (χ0n) is 16.9. The minimum absolute atomic E-state index is 0.190. The highest BCUT2D eigenvalue weighted by Crippen LogP contribution is 2.33. The van der Waals surface area contributed by atoms with Gasteiger partial charge in [-0.15, -0.1) is 11.3 Å². The summed E-state index contributed by atoms with van der Waals surface area (Å²) in [4.78, 5) is 37.1. The number of amides is 1. The van der Waals surface area contributed by atoms with E-state index in [0.29, 0.717) is 16.3 Å². The fourth-order valence-electron chi connectivity index (χ4n) is 2.35. The molecule has 2 aromatic rings. The van der Waals surface area contributed by atoms with E-state index in [0.717, 1.165) is 10.4 Å². The van der Waals surface area contributed by atoms with E-state index in [-0.39, 0.29) is 19.1 Å². The number of thiophene rings is 1. The van der Waals surface area contributed by atoms with Crippen molar-refractivity contribution >= 4 is 34.2 Å². The van der Waals surface area contributed by atoms with E-state index in [1.165, 1.54) is 11.3 Å². The number of ether oxygens (including phenoxy) is 3. The van der Waals surface area contributed by atoms with Gasteiger partial charge < -0.3 is 19.5 Å². The molecule has 7 nitrogen and oxygen atoms in total. The first-order valence-electron chi connectivity index (χ1n) is 9.26. The number of para-hydroxylation sites is 1. The van der Waals surface area contributed by atoms with Gasteiger partial charge >= 0.3 is 11.9 Å². The molecule has 0 aliphatic rings. The Hall–Kier alpha value is -2.87. The minimum Gasteiger partial charge on any atom is -0.482 e. The van der Waals surface area contributed by atoms with Gasteiger partial charge in [0.25, 0.3) is 5.91 Å². The molecule has 1 N–H and O–H groups in total. The molecule has 2 rings (SSSR count). The van der Waals surface area contributed by atoms with Crippen LogP contribution in [-0.4, -0.2) is 37.7 Å². The van der Waals surface area contributed by atoms with E-state index in [1.54, 1.807) is 25.1 Å². The van der Waals surface area contributed by atoms with Gasteiger partial charge in [-0.25, -0.2) is 9.59 Å². The van der Waals surface area contributed by atoms with E-state index in [4.69, 9.17) is 14.2 Å². The lowest BCUT2D eigenvalue weighted by Gasteiger charge is -2.09. The van der Waals surface area contributed by atoms with Gasteiger partial charge in [0.2, 0.25) is 0 Å². The van der Waals surface area contributed by atoms with Crippen LogP contribution in [0.5, 0.6) is 5.75 Å². The van der Waals surface area contributed by atoms with Crippen LogP contribution in [0.1, 0.15) is 47.5 Å². The standard InChI is InChI=1S/C21H25NO6S/c1-5-26-21(25)15-10-17(13(2)3)29-20(15)22-18(23)11-28-19(24)12-27-16-9-7-6-8-14(16)4/h6-10,13H,5,11-12H2,1-4H3,(H,22,23). The molecule has 0 saturated carbocycles. The number of anilines is 1. The van der Waals surface area contributed by atoms with E-state index in [9.17, 15) is 14.4 Å². The molecule has 0 atom stereocenters. The molecule has 0 spiro atoms. The number of carbonyl (C=O) groups excluding carboxylic acids is 3. The Morgan fingerprint density at radius 2 is 1.83 bits per heavy atom. The Morgan fingerprint density at radius 3 is 2.48 bits per heavy atom. The quantitative estimate of drug-likeness (QED) is 0.620. The molecule has 0 bridgehead atoms. The summed E-state index contributed by atoms with van der Waals surface area (Å²) in [6.07, 6.45) is 0. The second kappa shape index (κ2) is 10.6. The van der Waals surface area contributed by atoms with Crippen LogP contribution in [0.4, 0.5) is 5.00 Å². The topological polar surface area (TPSA) is 90.9 Å². The Balaban J connectivity index is 1.90. The third kappa shape index (κ3) is 6.60. The molecule has 156 valence electrons. The summed E-state index contributed by atoms with van der Waals surface area (Å²) in [5.41, 5.74) is 1.19. The van der Waals surface area contributed by atoms with Gasteiger partial charge in [0.1, 0.15) is 10.8 Å². The van der Waals surface area contributed by atoms with Crippen molar-refractivity contribution in [2.75, 3.05) is 25.1 Å². The van der Waals surface area contributed by atoms with E-state index < -0.39 is 24.5 Å². The molecular formula is C21H25NO6S. The molecule has 0 radical (unpaired) electrons. The number of hydrogen-bond acceptors (Lipinski definition) is 7. The Kier molecular flexibility index (Phi) is 8.21. The molecule has 1 aromatic heterocycles. The summed E-state index contributed by atoms with van der Waals surface area (Å²) in [6.45, 7) is 7.00. The third-order valence-corrected chi connectivity index (χ3v) is 5.22. The average molecular weight is 419 g/mol. The Morgan fingerprint density at radius 1 is 1.10 bits per heavy atom. The Bertz CT molecular complexity index is 874. The van der Waals surface area contributed by atoms with Gasteiger partial charge in [-0.2, -0.15) is 0 Å². The lowest BCUT2D eigenvalue weighted by molar-refractivity contribution is -0.149. The van der Waals surface area contributed by atoms with Crippen LogP contribution in [0.3, 0.4) is 0 Å². The molecular weight excluding hydrogens is 394 g/mol. The largest absolute Gasteiger partial charge is 0.482 e. The fourth-order valence-corrected chi connectivity index (χ4v) is 3.42. The van der Waals surface area contributed by atoms with Crippen molar-refractivity contribution in [1.82, 2.24) is 0 Å². The number of aryl methyl sites for hydroxylation is 1. The van der Waals surface area contributed by atoms with E-state index in [1.807, 2.05) is 32.9 Å². The second-order valence-electron chi connectivity index (χ2n) is 6.53. The van der Waals surface area contributed by atoms with Crippen molar-refractivity contribution in [3.63, 3.8) is 0 Å². The van der Waals surface area contributed by atoms with Crippen LogP contribution in [0.2, 0.25) is 0 Å². The molecule has 1 amide bonds. The summed E-state index contributed by atoms with van der Waals surface area (Å²) < 4.78 is 15.4. The third-order valence-electron chi connectivity index (χ3n) is 3.87. The molecule has 0 fully saturated rings. The van der Waals surface area contributed by atoms with Crippen LogP contribution in [0, 0.1) is 6.92 Å². The lowest BCUT2D eigenvalue weighted by atomic mass is 10.1. The fraction of sp³-hybridized carbons (Fsp3) is 0.381. The first-order chi connectivity index (χ1) is 13.8. The SMILES string of the molecule is CCOC(=O)c1cc(C(C)C)sc1NC(=O)COC(=O)COc1ccccc1C. The van der Waals surface area contributed by atoms with Crippen molar-refractivity contribution in [2.45, 2.75) is 33.6 Å². The predicted molar refractivity (Wildman–Crippen MR) is 111 cm³/mol. The highest BCUT2D eigenvalue weighted by Gasteiger charge is 2.20. The van der Waals surface area contributed by atoms with Gasteiger partial charge in [-0.3, -0.25) is 4.79 Å². The maximum atomic E-state index is 12.2. The van der Waals surface area contributed by atoms with Crippen molar-refractivity contribution < 1.29 is 28.6 Å². The predicted octanol–water partition coefficient (Wildman–Crippen LogP) is 3.92. The van der Waals surface area contributed by atoms with E-state index >= 15 is 0 Å². The maximum Gasteiger partial charge on any atom is 0.344 e. The van der Waals surface area contributed by atoms with Gasteiger partial charge in [0.15, 0.2) is 13.2 Å². The molecule has 1 aromatic carbocycles. The van der Waals surface area contributed by atoms with Crippen LogP contribution >= 0.6 is 11.3 Å². The van der Waals surface area contributed by atoms with Crippen LogP contribution in [0.15, 0.2) is 30.3 Å². The molecule has 29 heavy (non-hydrogen) atoms. The number of esters is 2. The maximum absolute atomic E-state index is 12.2.